The lowest BCUT2D eigenvalue weighted by molar-refractivity contribution is 0.126. The number of hydrogen-bond donors (Lipinski definition) is 1. The maximum Gasteiger partial charge on any atom is 0.0195 e. The fourth-order valence-corrected chi connectivity index (χ4v) is 3.18. The highest BCUT2D eigenvalue weighted by atomic mass is 32.1. The molecule has 2 rings (SSSR count). The van der Waals surface area contributed by atoms with E-state index in [0.29, 0.717) is 12.1 Å². The van der Waals surface area contributed by atoms with Crippen LogP contribution in [-0.4, -0.2) is 36.6 Å². The average molecular weight is 224 g/mol. The summed E-state index contributed by atoms with van der Waals surface area (Å²) in [5.41, 5.74) is 0. The molecule has 84 valence electrons. The highest BCUT2D eigenvalue weighted by molar-refractivity contribution is 7.09. The maximum absolute atomic E-state index is 3.44. The van der Waals surface area contributed by atoms with Crippen molar-refractivity contribution >= 4 is 11.3 Å². The van der Waals surface area contributed by atoms with Crippen molar-refractivity contribution in [1.82, 2.24) is 10.2 Å². The summed E-state index contributed by atoms with van der Waals surface area (Å²) in [7, 11) is 0. The van der Waals surface area contributed by atoms with Gasteiger partial charge in [0, 0.05) is 36.6 Å². The molecule has 0 amide bonds. The Morgan fingerprint density at radius 1 is 1.67 bits per heavy atom. The van der Waals surface area contributed by atoms with Gasteiger partial charge < -0.3 is 5.32 Å². The van der Waals surface area contributed by atoms with Crippen molar-refractivity contribution in [2.75, 3.05) is 19.6 Å². The van der Waals surface area contributed by atoms with Crippen LogP contribution >= 0.6 is 11.3 Å². The van der Waals surface area contributed by atoms with Crippen LogP contribution in [0.25, 0.3) is 0 Å². The third kappa shape index (κ3) is 2.80. The van der Waals surface area contributed by atoms with Crippen LogP contribution < -0.4 is 5.32 Å². The van der Waals surface area contributed by atoms with Crippen molar-refractivity contribution in [3.05, 3.63) is 22.4 Å². The molecule has 2 atom stereocenters. The highest BCUT2D eigenvalue weighted by Crippen LogP contribution is 2.16. The van der Waals surface area contributed by atoms with Crippen LogP contribution in [0.4, 0.5) is 0 Å². The third-order valence-corrected chi connectivity index (χ3v) is 4.09. The Kier molecular flexibility index (Phi) is 3.78. The molecule has 1 aromatic rings. The van der Waals surface area contributed by atoms with Gasteiger partial charge in [-0.05, 0) is 31.7 Å². The summed E-state index contributed by atoms with van der Waals surface area (Å²) in [6, 6.07) is 5.73. The number of nitrogens with one attached hydrogen (secondary N) is 1. The molecule has 0 spiro atoms. The van der Waals surface area contributed by atoms with Gasteiger partial charge in [0.2, 0.25) is 0 Å². The Bertz CT molecular complexity index is 284. The van der Waals surface area contributed by atoms with Crippen molar-refractivity contribution < 1.29 is 0 Å². The fourth-order valence-electron chi connectivity index (χ4n) is 2.35. The van der Waals surface area contributed by atoms with Crippen LogP contribution in [0.5, 0.6) is 0 Å². The zero-order valence-corrected chi connectivity index (χ0v) is 10.4. The Morgan fingerprint density at radius 2 is 2.53 bits per heavy atom. The predicted octanol–water partition coefficient (Wildman–Crippen LogP) is 1.97. The minimum Gasteiger partial charge on any atom is -0.314 e. The van der Waals surface area contributed by atoms with E-state index in [9.17, 15) is 0 Å². The van der Waals surface area contributed by atoms with Crippen LogP contribution in [0.1, 0.15) is 18.7 Å². The molecule has 2 nitrogen and oxygen atoms in total. The van der Waals surface area contributed by atoms with Gasteiger partial charge in [0.05, 0.1) is 0 Å². The van der Waals surface area contributed by atoms with E-state index in [4.69, 9.17) is 0 Å². The molecule has 1 aliphatic rings. The first kappa shape index (κ1) is 11.1. The van der Waals surface area contributed by atoms with Crippen LogP contribution in [0, 0.1) is 0 Å². The minimum atomic E-state index is 0.667. The molecule has 3 heteroatoms. The van der Waals surface area contributed by atoms with E-state index in [2.05, 4.69) is 41.6 Å². The molecule has 0 aromatic carbocycles. The molecule has 0 bridgehead atoms. The van der Waals surface area contributed by atoms with E-state index in [1.165, 1.54) is 17.8 Å². The molecule has 1 fully saturated rings. The monoisotopic (exact) mass is 224 g/mol. The summed E-state index contributed by atoms with van der Waals surface area (Å²) < 4.78 is 0. The van der Waals surface area contributed by atoms with E-state index in [0.717, 1.165) is 13.1 Å². The largest absolute Gasteiger partial charge is 0.314 e. The number of nitrogens with zero attached hydrogens (tertiary/aromatic N) is 1. The molecule has 1 N–H and O–H groups in total. The Labute approximate surface area is 96.3 Å². The number of piperazine rings is 1. The number of thiophene rings is 1. The van der Waals surface area contributed by atoms with Crippen molar-refractivity contribution in [1.29, 1.82) is 0 Å². The highest BCUT2D eigenvalue weighted by Gasteiger charge is 2.22. The topological polar surface area (TPSA) is 15.3 Å². The summed E-state index contributed by atoms with van der Waals surface area (Å²) in [6.07, 6.45) is 1.20. The number of rotatable bonds is 3. The molecular weight excluding hydrogens is 204 g/mol. The summed E-state index contributed by atoms with van der Waals surface area (Å²) in [5.74, 6) is 0. The van der Waals surface area contributed by atoms with Crippen molar-refractivity contribution in [3.63, 3.8) is 0 Å². The Morgan fingerprint density at radius 3 is 3.20 bits per heavy atom. The average Bonchev–Trinajstić information content (AvgIpc) is 2.71. The van der Waals surface area contributed by atoms with E-state index < -0.39 is 0 Å². The van der Waals surface area contributed by atoms with Crippen LogP contribution in [0.3, 0.4) is 0 Å². The molecule has 1 aliphatic heterocycles. The first-order valence-electron chi connectivity index (χ1n) is 5.76. The molecule has 0 radical (unpaired) electrons. The Hall–Kier alpha value is -0.380. The minimum absolute atomic E-state index is 0.667. The molecular formula is C12H20N2S. The Balaban J connectivity index is 1.91. The smallest absolute Gasteiger partial charge is 0.0195 e. The lowest BCUT2D eigenvalue weighted by Crippen LogP contribution is -2.53. The predicted molar refractivity (Wildman–Crippen MR) is 66.5 cm³/mol. The van der Waals surface area contributed by atoms with Crippen LogP contribution in [0.15, 0.2) is 17.5 Å². The van der Waals surface area contributed by atoms with Crippen LogP contribution in [0.2, 0.25) is 0 Å². The quantitative estimate of drug-likeness (QED) is 0.844. The van der Waals surface area contributed by atoms with Gasteiger partial charge in [-0.3, -0.25) is 4.90 Å². The van der Waals surface area contributed by atoms with Gasteiger partial charge in [-0.2, -0.15) is 0 Å². The summed E-state index contributed by atoms with van der Waals surface area (Å²) in [5, 5.41) is 5.61. The maximum atomic E-state index is 3.44. The van der Waals surface area contributed by atoms with Gasteiger partial charge in [0.1, 0.15) is 0 Å². The molecule has 1 aromatic heterocycles. The second kappa shape index (κ2) is 5.10. The second-order valence-electron chi connectivity index (χ2n) is 4.42. The molecule has 1 saturated heterocycles. The number of hydrogen-bond acceptors (Lipinski definition) is 3. The van der Waals surface area contributed by atoms with E-state index in [1.54, 1.807) is 0 Å². The first-order chi connectivity index (χ1) is 7.27. The van der Waals surface area contributed by atoms with Gasteiger partial charge in [0.15, 0.2) is 0 Å². The second-order valence-corrected chi connectivity index (χ2v) is 5.46. The van der Waals surface area contributed by atoms with Gasteiger partial charge in [-0.15, -0.1) is 11.3 Å². The molecule has 2 heterocycles. The molecule has 0 aliphatic carbocycles. The van der Waals surface area contributed by atoms with Gasteiger partial charge in [-0.1, -0.05) is 6.07 Å². The van der Waals surface area contributed by atoms with E-state index >= 15 is 0 Å². The zero-order valence-electron chi connectivity index (χ0n) is 9.57. The molecule has 15 heavy (non-hydrogen) atoms. The summed E-state index contributed by atoms with van der Waals surface area (Å²) in [6.45, 7) is 8.13. The van der Waals surface area contributed by atoms with Gasteiger partial charge in [0.25, 0.3) is 0 Å². The standard InChI is InChI=1S/C12H20N2S/c1-10(8-12-4-3-7-15-12)14-6-5-13-9-11(14)2/h3-4,7,10-11,13H,5-6,8-9H2,1-2H3. The summed E-state index contributed by atoms with van der Waals surface area (Å²) in [4.78, 5) is 4.13. The fraction of sp³-hybridized carbons (Fsp3) is 0.667. The molecule has 2 unspecified atom stereocenters. The third-order valence-electron chi connectivity index (χ3n) is 3.20. The normalized spacial score (nSPS) is 25.3. The summed E-state index contributed by atoms with van der Waals surface area (Å²) >= 11 is 1.87. The van der Waals surface area contributed by atoms with Gasteiger partial charge in [-0.25, -0.2) is 0 Å². The molecule has 0 saturated carbocycles. The van der Waals surface area contributed by atoms with Crippen molar-refractivity contribution in [3.8, 4) is 0 Å². The van der Waals surface area contributed by atoms with Crippen molar-refractivity contribution in [2.24, 2.45) is 0 Å². The lowest BCUT2D eigenvalue weighted by Gasteiger charge is -2.38. The van der Waals surface area contributed by atoms with Crippen molar-refractivity contribution in [2.45, 2.75) is 32.4 Å². The van der Waals surface area contributed by atoms with Crippen LogP contribution in [-0.2, 0) is 6.42 Å². The lowest BCUT2D eigenvalue weighted by atomic mass is 10.1. The van der Waals surface area contributed by atoms with E-state index in [-0.39, 0.29) is 0 Å². The first-order valence-corrected chi connectivity index (χ1v) is 6.64. The SMILES string of the molecule is CC1CNCCN1C(C)Cc1cccs1. The van der Waals surface area contributed by atoms with Gasteiger partial charge >= 0.3 is 0 Å². The van der Waals surface area contributed by atoms with E-state index in [1.807, 2.05) is 11.3 Å². The zero-order chi connectivity index (χ0) is 10.7.